The minimum Gasteiger partial charge on any atom is -0.309 e. The summed E-state index contributed by atoms with van der Waals surface area (Å²) in [5.41, 5.74) is 2.65. The highest BCUT2D eigenvalue weighted by molar-refractivity contribution is 5.16. The van der Waals surface area contributed by atoms with Crippen LogP contribution in [0.2, 0.25) is 0 Å². The molecule has 2 fully saturated rings. The molecule has 2 aliphatic rings. The predicted octanol–water partition coefficient (Wildman–Crippen LogP) is 2.01. The molecule has 1 aromatic heterocycles. The van der Waals surface area contributed by atoms with Gasteiger partial charge in [0, 0.05) is 30.9 Å². The largest absolute Gasteiger partial charge is 0.309 e. The molecule has 1 heterocycles. The fourth-order valence-electron chi connectivity index (χ4n) is 2.57. The minimum absolute atomic E-state index is 0.791. The number of nitrogens with one attached hydrogen (secondary N) is 1. The van der Waals surface area contributed by atoms with Crippen molar-refractivity contribution in [3.63, 3.8) is 0 Å². The lowest BCUT2D eigenvalue weighted by Gasteiger charge is -2.17. The molecular weight excluding hydrogens is 198 g/mol. The van der Waals surface area contributed by atoms with Crippen molar-refractivity contribution in [1.82, 2.24) is 15.1 Å². The van der Waals surface area contributed by atoms with Gasteiger partial charge in [0.05, 0.1) is 6.20 Å². The zero-order valence-corrected chi connectivity index (χ0v) is 10.2. The molecule has 0 aliphatic heterocycles. The van der Waals surface area contributed by atoms with E-state index >= 15 is 0 Å². The summed E-state index contributed by atoms with van der Waals surface area (Å²) >= 11 is 0. The number of hydrogen-bond acceptors (Lipinski definition) is 2. The molecule has 0 amide bonds. The second-order valence-electron chi connectivity index (χ2n) is 5.46. The van der Waals surface area contributed by atoms with Crippen LogP contribution >= 0.6 is 0 Å². The second-order valence-corrected chi connectivity index (χ2v) is 5.46. The number of aromatic nitrogens is 2. The van der Waals surface area contributed by atoms with E-state index in [0.29, 0.717) is 0 Å². The summed E-state index contributed by atoms with van der Waals surface area (Å²) in [7, 11) is 2.01. The van der Waals surface area contributed by atoms with Crippen LogP contribution in [0.3, 0.4) is 0 Å². The zero-order valence-electron chi connectivity index (χ0n) is 10.2. The lowest BCUT2D eigenvalue weighted by atomic mass is 10.1. The van der Waals surface area contributed by atoms with E-state index in [-0.39, 0.29) is 0 Å². The van der Waals surface area contributed by atoms with Crippen molar-refractivity contribution >= 4 is 0 Å². The fourth-order valence-corrected chi connectivity index (χ4v) is 2.57. The van der Waals surface area contributed by atoms with Crippen molar-refractivity contribution in [3.8, 4) is 0 Å². The van der Waals surface area contributed by atoms with Gasteiger partial charge in [-0.15, -0.1) is 0 Å². The Balaban J connectivity index is 1.60. The van der Waals surface area contributed by atoms with Crippen molar-refractivity contribution in [2.24, 2.45) is 18.9 Å². The van der Waals surface area contributed by atoms with Gasteiger partial charge in [-0.05, 0) is 44.4 Å². The average Bonchev–Trinajstić information content (AvgIpc) is 3.15. The molecular formula is C13H21N3. The highest BCUT2D eigenvalue weighted by atomic mass is 15.3. The quantitative estimate of drug-likeness (QED) is 0.821. The Kier molecular flexibility index (Phi) is 2.51. The van der Waals surface area contributed by atoms with Crippen LogP contribution in [-0.2, 0) is 13.6 Å². The molecule has 1 N–H and O–H groups in total. The maximum absolute atomic E-state index is 4.29. The molecule has 0 bridgehead atoms. The van der Waals surface area contributed by atoms with Gasteiger partial charge in [-0.25, -0.2) is 0 Å². The molecule has 3 nitrogen and oxygen atoms in total. The summed E-state index contributed by atoms with van der Waals surface area (Å²) in [6.07, 6.45) is 7.78. The smallest absolute Gasteiger partial charge is 0.0537 e. The van der Waals surface area contributed by atoms with Crippen molar-refractivity contribution in [3.05, 3.63) is 17.5 Å². The summed E-state index contributed by atoms with van der Waals surface area (Å²) in [5.74, 6) is 1.95. The molecule has 88 valence electrons. The molecule has 0 atom stereocenters. The highest BCUT2D eigenvalue weighted by Gasteiger charge is 2.40. The molecule has 0 aromatic carbocycles. The number of hydrogen-bond donors (Lipinski definition) is 1. The summed E-state index contributed by atoms with van der Waals surface area (Å²) in [6.45, 7) is 3.14. The van der Waals surface area contributed by atoms with E-state index in [2.05, 4.69) is 17.3 Å². The van der Waals surface area contributed by atoms with Gasteiger partial charge >= 0.3 is 0 Å². The molecule has 3 rings (SSSR count). The Labute approximate surface area is 97.2 Å². The van der Waals surface area contributed by atoms with Crippen LogP contribution in [0.1, 0.15) is 36.9 Å². The molecule has 2 saturated carbocycles. The fraction of sp³-hybridized carbons (Fsp3) is 0.769. The Hall–Kier alpha value is -0.830. The van der Waals surface area contributed by atoms with Gasteiger partial charge in [0.2, 0.25) is 0 Å². The van der Waals surface area contributed by atoms with Gasteiger partial charge in [0.25, 0.3) is 0 Å². The summed E-state index contributed by atoms with van der Waals surface area (Å²) in [5, 5.41) is 8.05. The number of aryl methyl sites for hydroxylation is 1. The third kappa shape index (κ3) is 2.01. The lowest BCUT2D eigenvalue weighted by Crippen LogP contribution is -2.32. The van der Waals surface area contributed by atoms with Crippen molar-refractivity contribution in [2.45, 2.75) is 45.2 Å². The van der Waals surface area contributed by atoms with Crippen LogP contribution in [0.4, 0.5) is 0 Å². The summed E-state index contributed by atoms with van der Waals surface area (Å²) in [6, 6.07) is 0.791. The average molecular weight is 219 g/mol. The van der Waals surface area contributed by atoms with E-state index in [1.807, 2.05) is 17.9 Å². The van der Waals surface area contributed by atoms with Crippen LogP contribution < -0.4 is 5.32 Å². The van der Waals surface area contributed by atoms with E-state index in [9.17, 15) is 0 Å². The first-order chi connectivity index (χ1) is 7.75. The van der Waals surface area contributed by atoms with Gasteiger partial charge in [-0.3, -0.25) is 4.68 Å². The first kappa shape index (κ1) is 10.3. The molecule has 0 saturated heterocycles. The van der Waals surface area contributed by atoms with E-state index in [1.54, 1.807) is 0 Å². The zero-order chi connectivity index (χ0) is 11.1. The van der Waals surface area contributed by atoms with Crippen LogP contribution in [0, 0.1) is 18.8 Å². The Morgan fingerprint density at radius 1 is 1.38 bits per heavy atom. The summed E-state index contributed by atoms with van der Waals surface area (Å²) < 4.78 is 1.96. The van der Waals surface area contributed by atoms with E-state index in [4.69, 9.17) is 0 Å². The Morgan fingerprint density at radius 2 is 2.00 bits per heavy atom. The van der Waals surface area contributed by atoms with Crippen molar-refractivity contribution in [1.29, 1.82) is 0 Å². The maximum atomic E-state index is 4.29. The molecule has 0 spiro atoms. The molecule has 16 heavy (non-hydrogen) atoms. The molecule has 0 radical (unpaired) electrons. The summed E-state index contributed by atoms with van der Waals surface area (Å²) in [4.78, 5) is 0. The number of nitrogens with zero attached hydrogens (tertiary/aromatic N) is 2. The van der Waals surface area contributed by atoms with Crippen LogP contribution in [0.15, 0.2) is 6.20 Å². The SMILES string of the molecule is Cc1c(CNC(C2CC2)C2CC2)cnn1C. The molecule has 1 aromatic rings. The predicted molar refractivity (Wildman–Crippen MR) is 64.0 cm³/mol. The van der Waals surface area contributed by atoms with Gasteiger partial charge in [-0.2, -0.15) is 5.10 Å². The maximum Gasteiger partial charge on any atom is 0.0537 e. The normalized spacial score (nSPS) is 20.7. The van der Waals surface area contributed by atoms with Crippen LogP contribution in [0.5, 0.6) is 0 Å². The monoisotopic (exact) mass is 219 g/mol. The van der Waals surface area contributed by atoms with Gasteiger partial charge in [0.15, 0.2) is 0 Å². The third-order valence-electron chi connectivity index (χ3n) is 4.12. The first-order valence-corrected chi connectivity index (χ1v) is 6.46. The van der Waals surface area contributed by atoms with Crippen LogP contribution in [0.25, 0.3) is 0 Å². The van der Waals surface area contributed by atoms with E-state index < -0.39 is 0 Å². The molecule has 2 aliphatic carbocycles. The van der Waals surface area contributed by atoms with Gasteiger partial charge < -0.3 is 5.32 Å². The third-order valence-corrected chi connectivity index (χ3v) is 4.12. The van der Waals surface area contributed by atoms with Gasteiger partial charge in [-0.1, -0.05) is 0 Å². The van der Waals surface area contributed by atoms with Crippen molar-refractivity contribution in [2.75, 3.05) is 0 Å². The number of rotatable bonds is 5. The highest BCUT2D eigenvalue weighted by Crippen LogP contribution is 2.44. The lowest BCUT2D eigenvalue weighted by molar-refractivity contribution is 0.415. The van der Waals surface area contributed by atoms with E-state index in [1.165, 1.54) is 36.9 Å². The second kappa shape index (κ2) is 3.88. The standard InChI is InChI=1S/C13H21N3/c1-9-12(8-15-16(9)2)7-14-13(10-3-4-10)11-5-6-11/h8,10-11,13-14H,3-7H2,1-2H3. The van der Waals surface area contributed by atoms with E-state index in [0.717, 1.165) is 24.4 Å². The van der Waals surface area contributed by atoms with Crippen LogP contribution in [-0.4, -0.2) is 15.8 Å². The minimum atomic E-state index is 0.791. The molecule has 0 unspecified atom stereocenters. The van der Waals surface area contributed by atoms with Crippen molar-refractivity contribution < 1.29 is 0 Å². The Morgan fingerprint density at radius 3 is 2.44 bits per heavy atom. The Bertz CT molecular complexity index is 363. The first-order valence-electron chi connectivity index (χ1n) is 6.46. The van der Waals surface area contributed by atoms with Gasteiger partial charge in [0.1, 0.15) is 0 Å². The molecule has 3 heteroatoms. The topological polar surface area (TPSA) is 29.9 Å².